The molecule has 3 rings (SSSR count). The minimum Gasteiger partial charge on any atom is -0.466 e. The first-order valence-corrected chi connectivity index (χ1v) is 7.82. The fourth-order valence-electron chi connectivity index (χ4n) is 3.68. The Kier molecular flexibility index (Phi) is 3.71. The van der Waals surface area contributed by atoms with Crippen molar-refractivity contribution in [3.05, 3.63) is 11.8 Å². The van der Waals surface area contributed by atoms with Gasteiger partial charge < -0.3 is 9.47 Å². The van der Waals surface area contributed by atoms with Gasteiger partial charge in [-0.1, -0.05) is 0 Å². The number of rotatable bonds is 5. The molecule has 9 nitrogen and oxygen atoms in total. The van der Waals surface area contributed by atoms with E-state index in [-0.39, 0.29) is 24.6 Å². The predicted octanol–water partition coefficient (Wildman–Crippen LogP) is 0.497. The van der Waals surface area contributed by atoms with E-state index in [1.807, 2.05) is 6.07 Å². The van der Waals surface area contributed by atoms with Crippen LogP contribution in [0.15, 0.2) is 11.2 Å². The number of carbonyl (C=O) groups excluding carboxylic acids is 3. The average molecular weight is 344 g/mol. The summed E-state index contributed by atoms with van der Waals surface area (Å²) < 4.78 is 11.4. The normalized spacial score (nSPS) is 28.3. The smallest absolute Gasteiger partial charge is 0.336 e. The summed E-state index contributed by atoms with van der Waals surface area (Å²) in [4.78, 5) is 42.0. The minimum absolute atomic E-state index is 0.0585. The molecule has 0 unspecified atom stereocenters. The monoisotopic (exact) mass is 344 g/mol. The highest BCUT2D eigenvalue weighted by molar-refractivity contribution is 6.18. The Morgan fingerprint density at radius 3 is 2.56 bits per heavy atom. The molecule has 2 heterocycles. The zero-order valence-corrected chi connectivity index (χ0v) is 14.0. The van der Waals surface area contributed by atoms with Crippen LogP contribution in [-0.2, 0) is 29.4 Å². The third-order valence-corrected chi connectivity index (χ3v) is 4.70. The summed E-state index contributed by atoms with van der Waals surface area (Å²) in [5, 5.41) is 13.3. The van der Waals surface area contributed by atoms with Gasteiger partial charge in [0.1, 0.15) is 28.7 Å². The lowest BCUT2D eigenvalue weighted by Crippen LogP contribution is -2.42. The van der Waals surface area contributed by atoms with Crippen molar-refractivity contribution < 1.29 is 23.9 Å². The Hall–Kier alpha value is -3.02. The molecule has 0 radical (unpaired) electrons. The second-order valence-corrected chi connectivity index (χ2v) is 5.76. The van der Waals surface area contributed by atoms with E-state index in [1.165, 1.54) is 19.3 Å². The maximum atomic E-state index is 12.9. The highest BCUT2D eigenvalue weighted by Gasteiger charge is 2.90. The van der Waals surface area contributed by atoms with Gasteiger partial charge in [0.05, 0.1) is 19.4 Å². The van der Waals surface area contributed by atoms with Gasteiger partial charge in [-0.25, -0.2) is 14.5 Å². The molecule has 25 heavy (non-hydrogen) atoms. The zero-order valence-electron chi connectivity index (χ0n) is 14.0. The number of Topliss-reactive ketones (excluding diaryl/α,β-unsaturated/α-hetero) is 1. The van der Waals surface area contributed by atoms with Crippen LogP contribution >= 0.6 is 0 Å². The van der Waals surface area contributed by atoms with Crippen LogP contribution in [0.2, 0.25) is 0 Å². The Labute approximate surface area is 143 Å². The highest BCUT2D eigenvalue weighted by atomic mass is 16.5. The van der Waals surface area contributed by atoms with Crippen LogP contribution < -0.4 is 0 Å². The van der Waals surface area contributed by atoms with E-state index in [4.69, 9.17) is 9.47 Å². The lowest BCUT2D eigenvalue weighted by molar-refractivity contribution is -0.155. The molecule has 3 atom stereocenters. The molecule has 1 fully saturated rings. The molecule has 0 aromatic carbocycles. The van der Waals surface area contributed by atoms with Gasteiger partial charge in [0, 0.05) is 6.21 Å². The number of aromatic nitrogens is 2. The molecule has 1 aromatic rings. The lowest BCUT2D eigenvalue weighted by atomic mass is 9.94. The molecular formula is C16H16N4O5. The van der Waals surface area contributed by atoms with E-state index >= 15 is 0 Å². The number of hydrogen-bond acceptors (Lipinski definition) is 8. The first-order chi connectivity index (χ1) is 11.9. The summed E-state index contributed by atoms with van der Waals surface area (Å²) in [6.07, 6.45) is 2.50. The topological polar surface area (TPSA) is 124 Å². The Bertz CT molecular complexity index is 851. The van der Waals surface area contributed by atoms with Crippen molar-refractivity contribution in [3.8, 4) is 6.07 Å². The van der Waals surface area contributed by atoms with E-state index < -0.39 is 34.6 Å². The molecule has 1 aromatic heterocycles. The van der Waals surface area contributed by atoms with Crippen molar-refractivity contribution in [2.75, 3.05) is 13.2 Å². The summed E-state index contributed by atoms with van der Waals surface area (Å²) in [5.74, 6) is -2.95. The van der Waals surface area contributed by atoms with E-state index in [1.54, 1.807) is 13.8 Å². The molecule has 130 valence electrons. The number of ether oxygens (including phenoxy) is 2. The van der Waals surface area contributed by atoms with Gasteiger partial charge in [0.25, 0.3) is 0 Å². The molecule has 9 heteroatoms. The van der Waals surface area contributed by atoms with Crippen molar-refractivity contribution in [3.63, 3.8) is 0 Å². The van der Waals surface area contributed by atoms with Gasteiger partial charge in [0.15, 0.2) is 11.4 Å². The molecule has 0 spiro atoms. The summed E-state index contributed by atoms with van der Waals surface area (Å²) in [5.41, 5.74) is -3.11. The predicted molar refractivity (Wildman–Crippen MR) is 82.9 cm³/mol. The van der Waals surface area contributed by atoms with Crippen molar-refractivity contribution in [2.24, 2.45) is 16.3 Å². The van der Waals surface area contributed by atoms with E-state index in [9.17, 15) is 19.6 Å². The number of ketones is 1. The number of nitrogens with zero attached hydrogens (tertiary/aromatic N) is 4. The molecule has 1 aliphatic heterocycles. The lowest BCUT2D eigenvalue weighted by Gasteiger charge is -2.24. The van der Waals surface area contributed by atoms with Crippen LogP contribution in [0.1, 0.15) is 26.3 Å². The van der Waals surface area contributed by atoms with Crippen LogP contribution in [-0.4, -0.2) is 46.9 Å². The second kappa shape index (κ2) is 5.51. The third kappa shape index (κ3) is 1.79. The molecule has 0 saturated heterocycles. The van der Waals surface area contributed by atoms with Gasteiger partial charge in [-0.2, -0.15) is 10.4 Å². The maximum absolute atomic E-state index is 12.9. The number of aliphatic imine (C=N–C) groups is 1. The number of hydrogen-bond donors (Lipinski definition) is 0. The molecule has 0 N–H and O–H groups in total. The largest absolute Gasteiger partial charge is 0.466 e. The zero-order chi connectivity index (χ0) is 18.4. The molecule has 1 aliphatic carbocycles. The van der Waals surface area contributed by atoms with Gasteiger partial charge in [0.2, 0.25) is 0 Å². The molecule has 0 bridgehead atoms. The summed E-state index contributed by atoms with van der Waals surface area (Å²) in [7, 11) is 0. The Balaban J connectivity index is 2.27. The first-order valence-electron chi connectivity index (χ1n) is 7.82. The Morgan fingerprint density at radius 1 is 1.32 bits per heavy atom. The molecule has 1 saturated carbocycles. The molecule has 0 amide bonds. The number of nitriles is 1. The van der Waals surface area contributed by atoms with Gasteiger partial charge >= 0.3 is 11.9 Å². The van der Waals surface area contributed by atoms with Crippen molar-refractivity contribution in [2.45, 2.75) is 26.3 Å². The van der Waals surface area contributed by atoms with E-state index in [0.29, 0.717) is 0 Å². The van der Waals surface area contributed by atoms with Crippen molar-refractivity contribution in [1.29, 1.82) is 5.26 Å². The fraction of sp³-hybridized carbons (Fsp3) is 0.500. The van der Waals surface area contributed by atoms with E-state index in [0.717, 1.165) is 4.68 Å². The van der Waals surface area contributed by atoms with Crippen LogP contribution in [0, 0.1) is 22.7 Å². The van der Waals surface area contributed by atoms with Crippen molar-refractivity contribution >= 4 is 29.8 Å². The molecule has 2 aliphatic rings. The van der Waals surface area contributed by atoms with E-state index in [2.05, 4.69) is 10.1 Å². The summed E-state index contributed by atoms with van der Waals surface area (Å²) >= 11 is 0. The Morgan fingerprint density at radius 2 is 2.00 bits per heavy atom. The van der Waals surface area contributed by atoms with Gasteiger partial charge in [-0.05, 0) is 20.8 Å². The third-order valence-electron chi connectivity index (χ3n) is 4.70. The van der Waals surface area contributed by atoms with Gasteiger partial charge in [-0.15, -0.1) is 0 Å². The van der Waals surface area contributed by atoms with Crippen LogP contribution in [0.4, 0.5) is 5.82 Å². The quantitative estimate of drug-likeness (QED) is 0.712. The van der Waals surface area contributed by atoms with Crippen LogP contribution in [0.5, 0.6) is 0 Å². The first kappa shape index (κ1) is 16.8. The number of esters is 2. The molecular weight excluding hydrogens is 328 g/mol. The number of fused-ring (bicyclic) bond motifs is 3. The SMILES string of the molecule is CCOC(=O)[C@@H]1[C@@]2(C(=O)OCC)n3ncc(C#N)c3N=C[C@@]12C(C)=O. The number of carbonyl (C=O) groups is 3. The van der Waals surface area contributed by atoms with Crippen LogP contribution in [0.3, 0.4) is 0 Å². The fourth-order valence-corrected chi connectivity index (χ4v) is 3.68. The second-order valence-electron chi connectivity index (χ2n) is 5.76. The van der Waals surface area contributed by atoms with Gasteiger partial charge in [-0.3, -0.25) is 9.59 Å². The minimum atomic E-state index is -1.72. The standard InChI is InChI=1S/C16H16N4O5/c1-4-24-13(22)11-15(9(3)21)8-18-12-10(6-17)7-19-20(12)16(11,15)14(23)25-5-2/h7-8,11H,4-5H2,1-3H3/t11-,15+,16-/m0/s1. The highest BCUT2D eigenvalue weighted by Crippen LogP contribution is 2.70. The van der Waals surface area contributed by atoms with Crippen LogP contribution in [0.25, 0.3) is 0 Å². The summed E-state index contributed by atoms with van der Waals surface area (Å²) in [6, 6.07) is 1.92. The maximum Gasteiger partial charge on any atom is 0.336 e. The average Bonchev–Trinajstić information content (AvgIpc) is 3.04. The summed E-state index contributed by atoms with van der Waals surface area (Å²) in [6.45, 7) is 4.67. The van der Waals surface area contributed by atoms with Crippen molar-refractivity contribution in [1.82, 2.24) is 9.78 Å².